The molecule has 94 valence electrons. The Balaban J connectivity index is 2.08. The number of aryl methyl sites for hydroxylation is 1. The number of nitrogens with zero attached hydrogens (tertiary/aromatic N) is 2. The number of benzene rings is 1. The van der Waals surface area contributed by atoms with Crippen molar-refractivity contribution in [1.82, 2.24) is 15.1 Å². The normalized spacial score (nSPS) is 10.4. The molecule has 1 N–H and O–H groups in total. The zero-order valence-corrected chi connectivity index (χ0v) is 12.8. The van der Waals surface area contributed by atoms with Crippen molar-refractivity contribution in [2.24, 2.45) is 7.05 Å². The minimum Gasteiger partial charge on any atom is -0.346 e. The van der Waals surface area contributed by atoms with Crippen LogP contribution in [0.5, 0.6) is 0 Å². The van der Waals surface area contributed by atoms with Crippen molar-refractivity contribution in [3.05, 3.63) is 50.7 Å². The zero-order valence-electron chi connectivity index (χ0n) is 9.65. The van der Waals surface area contributed by atoms with Crippen molar-refractivity contribution < 1.29 is 4.79 Å². The molecule has 4 nitrogen and oxygen atoms in total. The largest absolute Gasteiger partial charge is 0.346 e. The number of amides is 1. The molecule has 0 aliphatic rings. The lowest BCUT2D eigenvalue weighted by Crippen LogP contribution is -2.24. The Morgan fingerprint density at radius 3 is 2.83 bits per heavy atom. The standard InChI is InChI=1S/C12H11Br2N3O/c1-17-9(4-5-16-17)7-15-12(18)10-6-8(13)2-3-11(10)14/h2-6H,7H2,1H3,(H,15,18). The van der Waals surface area contributed by atoms with E-state index in [0.717, 1.165) is 14.6 Å². The number of hydrogen-bond donors (Lipinski definition) is 1. The van der Waals surface area contributed by atoms with Gasteiger partial charge in [-0.2, -0.15) is 5.10 Å². The van der Waals surface area contributed by atoms with Gasteiger partial charge in [-0.25, -0.2) is 0 Å². The maximum absolute atomic E-state index is 12.0. The first kappa shape index (κ1) is 13.3. The SMILES string of the molecule is Cn1nccc1CNC(=O)c1cc(Br)ccc1Br. The summed E-state index contributed by atoms with van der Waals surface area (Å²) in [5, 5.41) is 6.91. The molecule has 0 fully saturated rings. The summed E-state index contributed by atoms with van der Waals surface area (Å²) in [5.74, 6) is -0.121. The van der Waals surface area contributed by atoms with Gasteiger partial charge in [0.2, 0.25) is 0 Å². The van der Waals surface area contributed by atoms with E-state index in [4.69, 9.17) is 0 Å². The predicted molar refractivity (Wildman–Crippen MR) is 76.2 cm³/mol. The topological polar surface area (TPSA) is 46.9 Å². The van der Waals surface area contributed by atoms with Gasteiger partial charge < -0.3 is 5.32 Å². The molecule has 0 spiro atoms. The summed E-state index contributed by atoms with van der Waals surface area (Å²) in [6.45, 7) is 0.453. The molecular formula is C12H11Br2N3O. The van der Waals surface area contributed by atoms with Crippen LogP contribution in [-0.2, 0) is 13.6 Å². The van der Waals surface area contributed by atoms with Crippen LogP contribution in [-0.4, -0.2) is 15.7 Å². The number of hydrogen-bond acceptors (Lipinski definition) is 2. The van der Waals surface area contributed by atoms with Gasteiger partial charge in [0.05, 0.1) is 17.8 Å². The Labute approximate surface area is 122 Å². The molecule has 6 heteroatoms. The Bertz CT molecular complexity index is 580. The minimum absolute atomic E-state index is 0.121. The van der Waals surface area contributed by atoms with Crippen LogP contribution in [0.3, 0.4) is 0 Å². The molecule has 0 saturated carbocycles. The fourth-order valence-corrected chi connectivity index (χ4v) is 2.30. The van der Waals surface area contributed by atoms with Crippen LogP contribution >= 0.6 is 31.9 Å². The van der Waals surface area contributed by atoms with Crippen LogP contribution in [0.2, 0.25) is 0 Å². The second-order valence-electron chi connectivity index (χ2n) is 3.75. The van der Waals surface area contributed by atoms with Crippen molar-refractivity contribution in [1.29, 1.82) is 0 Å². The van der Waals surface area contributed by atoms with Crippen LogP contribution in [0.1, 0.15) is 16.1 Å². The highest BCUT2D eigenvalue weighted by molar-refractivity contribution is 9.11. The van der Waals surface area contributed by atoms with Gasteiger partial charge in [-0.1, -0.05) is 15.9 Å². The summed E-state index contributed by atoms with van der Waals surface area (Å²) < 4.78 is 3.38. The Kier molecular flexibility index (Phi) is 4.19. The number of carbonyl (C=O) groups is 1. The van der Waals surface area contributed by atoms with E-state index in [9.17, 15) is 4.79 Å². The highest BCUT2D eigenvalue weighted by Crippen LogP contribution is 2.21. The van der Waals surface area contributed by atoms with Crippen molar-refractivity contribution in [2.45, 2.75) is 6.54 Å². The van der Waals surface area contributed by atoms with E-state index in [0.29, 0.717) is 12.1 Å². The number of nitrogens with one attached hydrogen (secondary N) is 1. The van der Waals surface area contributed by atoms with Gasteiger partial charge in [0.25, 0.3) is 5.91 Å². The molecule has 0 aliphatic carbocycles. The molecule has 1 aromatic heterocycles. The van der Waals surface area contributed by atoms with Crippen molar-refractivity contribution in [3.63, 3.8) is 0 Å². The van der Waals surface area contributed by atoms with E-state index in [-0.39, 0.29) is 5.91 Å². The molecule has 0 saturated heterocycles. The van der Waals surface area contributed by atoms with E-state index in [1.165, 1.54) is 0 Å². The molecule has 0 radical (unpaired) electrons. The fraction of sp³-hybridized carbons (Fsp3) is 0.167. The van der Waals surface area contributed by atoms with E-state index in [2.05, 4.69) is 42.3 Å². The zero-order chi connectivity index (χ0) is 13.1. The van der Waals surface area contributed by atoms with Crippen molar-refractivity contribution >= 4 is 37.8 Å². The lowest BCUT2D eigenvalue weighted by molar-refractivity contribution is 0.0949. The van der Waals surface area contributed by atoms with Crippen LogP contribution in [0.4, 0.5) is 0 Å². The third-order valence-corrected chi connectivity index (χ3v) is 3.71. The van der Waals surface area contributed by atoms with E-state index < -0.39 is 0 Å². The van der Waals surface area contributed by atoms with Gasteiger partial charge >= 0.3 is 0 Å². The number of halogens is 2. The van der Waals surface area contributed by atoms with Crippen LogP contribution in [0.15, 0.2) is 39.4 Å². The average molecular weight is 373 g/mol. The maximum atomic E-state index is 12.0. The van der Waals surface area contributed by atoms with Gasteiger partial charge in [-0.3, -0.25) is 9.48 Å². The lowest BCUT2D eigenvalue weighted by Gasteiger charge is -2.07. The molecule has 18 heavy (non-hydrogen) atoms. The highest BCUT2D eigenvalue weighted by atomic mass is 79.9. The molecule has 1 amide bonds. The van der Waals surface area contributed by atoms with Crippen molar-refractivity contribution in [3.8, 4) is 0 Å². The second kappa shape index (κ2) is 5.67. The van der Waals surface area contributed by atoms with Crippen molar-refractivity contribution in [2.75, 3.05) is 0 Å². The monoisotopic (exact) mass is 371 g/mol. The first-order chi connectivity index (χ1) is 8.58. The van der Waals surface area contributed by atoms with E-state index in [1.54, 1.807) is 16.9 Å². The molecule has 1 heterocycles. The third kappa shape index (κ3) is 3.00. The average Bonchev–Trinajstić information content (AvgIpc) is 2.75. The van der Waals surface area contributed by atoms with Crippen LogP contribution < -0.4 is 5.32 Å². The first-order valence-electron chi connectivity index (χ1n) is 5.28. The fourth-order valence-electron chi connectivity index (χ4n) is 1.51. The quantitative estimate of drug-likeness (QED) is 0.900. The van der Waals surface area contributed by atoms with Crippen LogP contribution in [0, 0.1) is 0 Å². The highest BCUT2D eigenvalue weighted by Gasteiger charge is 2.10. The van der Waals surface area contributed by atoms with Gasteiger partial charge in [-0.05, 0) is 40.2 Å². The van der Waals surface area contributed by atoms with Gasteiger partial charge in [0.15, 0.2) is 0 Å². The van der Waals surface area contributed by atoms with E-state index in [1.807, 2.05) is 25.2 Å². The summed E-state index contributed by atoms with van der Waals surface area (Å²) >= 11 is 6.72. The molecule has 0 atom stereocenters. The van der Waals surface area contributed by atoms with Gasteiger partial charge in [0.1, 0.15) is 0 Å². The molecule has 2 rings (SSSR count). The predicted octanol–water partition coefficient (Wildman–Crippen LogP) is 2.88. The molecule has 0 unspecified atom stereocenters. The Hall–Kier alpha value is -1.14. The third-order valence-electron chi connectivity index (χ3n) is 2.53. The molecule has 0 bridgehead atoms. The summed E-state index contributed by atoms with van der Waals surface area (Å²) in [7, 11) is 1.84. The second-order valence-corrected chi connectivity index (χ2v) is 5.52. The van der Waals surface area contributed by atoms with Gasteiger partial charge in [0, 0.05) is 22.2 Å². The summed E-state index contributed by atoms with van der Waals surface area (Å²) in [6, 6.07) is 7.37. The lowest BCUT2D eigenvalue weighted by atomic mass is 10.2. The maximum Gasteiger partial charge on any atom is 0.252 e. The Morgan fingerprint density at radius 1 is 1.39 bits per heavy atom. The number of aromatic nitrogens is 2. The Morgan fingerprint density at radius 2 is 2.17 bits per heavy atom. The summed E-state index contributed by atoms with van der Waals surface area (Å²) in [6.07, 6.45) is 1.70. The number of carbonyl (C=O) groups excluding carboxylic acids is 1. The molecular weight excluding hydrogens is 362 g/mol. The number of rotatable bonds is 3. The summed E-state index contributed by atoms with van der Waals surface area (Å²) in [4.78, 5) is 12.0. The minimum atomic E-state index is -0.121. The summed E-state index contributed by atoms with van der Waals surface area (Å²) in [5.41, 5.74) is 1.56. The van der Waals surface area contributed by atoms with E-state index >= 15 is 0 Å². The molecule has 2 aromatic rings. The van der Waals surface area contributed by atoms with Gasteiger partial charge in [-0.15, -0.1) is 0 Å². The first-order valence-corrected chi connectivity index (χ1v) is 6.86. The molecule has 0 aliphatic heterocycles. The van der Waals surface area contributed by atoms with Crippen LogP contribution in [0.25, 0.3) is 0 Å². The smallest absolute Gasteiger partial charge is 0.252 e. The molecule has 1 aromatic carbocycles.